The summed E-state index contributed by atoms with van der Waals surface area (Å²) in [6.45, 7) is 4.55. The number of unbranched alkanes of at least 4 members (excludes halogenated alkanes) is 26. The fraction of sp³-hybridized carbons (Fsp3) is 0.947. The molecule has 0 aliphatic rings. The number of hydrogen-bond donors (Lipinski definition) is 1. The molecule has 0 saturated heterocycles. The number of esters is 1. The normalized spacial score (nSPS) is 12.0. The number of carbonyl (C=O) groups excluding carboxylic acids is 1. The molecule has 0 bridgehead atoms. The summed E-state index contributed by atoms with van der Waals surface area (Å²) in [4.78, 5) is 23.4. The van der Waals surface area contributed by atoms with Crippen LogP contribution in [0.1, 0.15) is 226 Å². The molecule has 42 heavy (non-hydrogen) atoms. The van der Waals surface area contributed by atoms with E-state index in [0.29, 0.717) is 12.8 Å². The zero-order valence-electron chi connectivity index (χ0n) is 28.6. The van der Waals surface area contributed by atoms with E-state index in [-0.39, 0.29) is 18.5 Å². The third kappa shape index (κ3) is 33.4. The summed E-state index contributed by atoms with van der Waals surface area (Å²) >= 11 is 0. The lowest BCUT2D eigenvalue weighted by Crippen LogP contribution is -2.18. The zero-order chi connectivity index (χ0) is 30.8. The van der Waals surface area contributed by atoms with Crippen LogP contribution in [0.4, 0.5) is 0 Å². The van der Waals surface area contributed by atoms with Crippen molar-refractivity contribution >= 4 is 11.9 Å². The van der Waals surface area contributed by atoms with Gasteiger partial charge in [0.2, 0.25) is 0 Å². The maximum Gasteiger partial charge on any atom is 0.306 e. The second-order valence-corrected chi connectivity index (χ2v) is 13.1. The summed E-state index contributed by atoms with van der Waals surface area (Å²) < 4.78 is 5.89. The molecule has 0 aliphatic heterocycles. The van der Waals surface area contributed by atoms with Crippen molar-refractivity contribution in [2.45, 2.75) is 232 Å². The third-order valence-corrected chi connectivity index (χ3v) is 8.83. The van der Waals surface area contributed by atoms with Gasteiger partial charge in [0.1, 0.15) is 6.10 Å². The van der Waals surface area contributed by atoms with Crippen molar-refractivity contribution in [3.05, 3.63) is 0 Å². The monoisotopic (exact) mass is 595 g/mol. The van der Waals surface area contributed by atoms with Gasteiger partial charge in [0.05, 0.1) is 0 Å². The lowest BCUT2D eigenvalue weighted by molar-refractivity contribution is -0.150. The van der Waals surface area contributed by atoms with Crippen LogP contribution in [0, 0.1) is 0 Å². The minimum Gasteiger partial charge on any atom is -0.481 e. The standard InChI is InChI=1S/C38H74O4/c1-3-5-7-9-11-13-15-17-18-19-21-23-25-27-29-35-38(41)42-36(33-30-31-34-37(39)40)32-28-26-24-22-20-16-14-12-10-8-6-4-2/h36H,3-35H2,1-2H3,(H,39,40). The van der Waals surface area contributed by atoms with Crippen LogP contribution in [0.5, 0.6) is 0 Å². The maximum atomic E-state index is 12.5. The van der Waals surface area contributed by atoms with Crippen LogP contribution < -0.4 is 0 Å². The first-order valence-electron chi connectivity index (χ1n) is 19.0. The molecule has 0 radical (unpaired) electrons. The summed E-state index contributed by atoms with van der Waals surface area (Å²) in [6, 6.07) is 0. The Bertz CT molecular complexity index is 561. The van der Waals surface area contributed by atoms with Gasteiger partial charge in [-0.3, -0.25) is 9.59 Å². The van der Waals surface area contributed by atoms with Gasteiger partial charge in [-0.25, -0.2) is 0 Å². The summed E-state index contributed by atoms with van der Waals surface area (Å²) in [5.74, 6) is -0.787. The predicted octanol–water partition coefficient (Wildman–Crippen LogP) is 12.9. The molecular weight excluding hydrogens is 520 g/mol. The molecule has 1 N–H and O–H groups in total. The molecule has 0 aliphatic carbocycles. The highest BCUT2D eigenvalue weighted by Crippen LogP contribution is 2.19. The third-order valence-electron chi connectivity index (χ3n) is 8.83. The van der Waals surface area contributed by atoms with Crippen LogP contribution in [0.2, 0.25) is 0 Å². The molecular formula is C38H74O4. The minimum absolute atomic E-state index is 0.0363. The van der Waals surface area contributed by atoms with Crippen LogP contribution in [-0.4, -0.2) is 23.1 Å². The Labute approximate surface area is 262 Å². The minimum atomic E-state index is -0.738. The average molecular weight is 595 g/mol. The quantitative estimate of drug-likeness (QED) is 0.0585. The van der Waals surface area contributed by atoms with Crippen molar-refractivity contribution in [1.29, 1.82) is 0 Å². The van der Waals surface area contributed by atoms with Gasteiger partial charge in [-0.05, 0) is 38.5 Å². The predicted molar refractivity (Wildman–Crippen MR) is 181 cm³/mol. The highest BCUT2D eigenvalue weighted by atomic mass is 16.5. The van der Waals surface area contributed by atoms with E-state index in [1.165, 1.54) is 154 Å². The molecule has 0 aromatic rings. The van der Waals surface area contributed by atoms with Crippen LogP contribution in [0.3, 0.4) is 0 Å². The maximum absolute atomic E-state index is 12.5. The van der Waals surface area contributed by atoms with E-state index in [1.54, 1.807) is 0 Å². The Morgan fingerprint density at radius 1 is 0.429 bits per heavy atom. The number of rotatable bonds is 35. The van der Waals surface area contributed by atoms with E-state index in [4.69, 9.17) is 9.84 Å². The Morgan fingerprint density at radius 3 is 1.07 bits per heavy atom. The number of carbonyl (C=O) groups is 2. The largest absolute Gasteiger partial charge is 0.481 e. The highest BCUT2D eigenvalue weighted by molar-refractivity contribution is 5.69. The summed E-state index contributed by atoms with van der Waals surface area (Å²) in [5.41, 5.74) is 0. The Kier molecular flexibility index (Phi) is 33.6. The molecule has 0 rings (SSSR count). The van der Waals surface area contributed by atoms with Crippen molar-refractivity contribution in [3.63, 3.8) is 0 Å². The molecule has 0 spiro atoms. The van der Waals surface area contributed by atoms with Gasteiger partial charge in [-0.2, -0.15) is 0 Å². The second kappa shape index (κ2) is 34.4. The van der Waals surface area contributed by atoms with Crippen molar-refractivity contribution in [2.24, 2.45) is 0 Å². The lowest BCUT2D eigenvalue weighted by Gasteiger charge is -2.18. The van der Waals surface area contributed by atoms with E-state index >= 15 is 0 Å². The van der Waals surface area contributed by atoms with E-state index in [9.17, 15) is 9.59 Å². The Balaban J connectivity index is 3.83. The summed E-state index contributed by atoms with van der Waals surface area (Å²) in [6.07, 6.45) is 39.7. The molecule has 0 aromatic heterocycles. The lowest BCUT2D eigenvalue weighted by atomic mass is 10.0. The number of hydrogen-bond acceptors (Lipinski definition) is 3. The van der Waals surface area contributed by atoms with Gasteiger partial charge in [0.25, 0.3) is 0 Å². The van der Waals surface area contributed by atoms with E-state index in [1.807, 2.05) is 0 Å². The zero-order valence-corrected chi connectivity index (χ0v) is 28.6. The SMILES string of the molecule is CCCCCCCCCCCCCCCCCC(=O)OC(CCCCCCCCCCCCCC)CCCCC(=O)O. The van der Waals surface area contributed by atoms with E-state index in [2.05, 4.69) is 13.8 Å². The second-order valence-electron chi connectivity index (χ2n) is 13.1. The molecule has 250 valence electrons. The molecule has 0 fully saturated rings. The highest BCUT2D eigenvalue weighted by Gasteiger charge is 2.14. The number of ether oxygens (including phenoxy) is 1. The molecule has 4 nitrogen and oxygen atoms in total. The average Bonchev–Trinajstić information content (AvgIpc) is 2.97. The Hall–Kier alpha value is -1.06. The summed E-state index contributed by atoms with van der Waals surface area (Å²) in [7, 11) is 0. The number of aliphatic carboxylic acids is 1. The van der Waals surface area contributed by atoms with Crippen molar-refractivity contribution in [3.8, 4) is 0 Å². The fourth-order valence-corrected chi connectivity index (χ4v) is 6.01. The molecule has 0 heterocycles. The van der Waals surface area contributed by atoms with Gasteiger partial charge >= 0.3 is 11.9 Å². The van der Waals surface area contributed by atoms with Gasteiger partial charge in [0, 0.05) is 12.8 Å². The number of carboxylic acids is 1. The number of carboxylic acid groups (broad SMARTS) is 1. The topological polar surface area (TPSA) is 63.6 Å². The van der Waals surface area contributed by atoms with Gasteiger partial charge in [-0.1, -0.05) is 174 Å². The van der Waals surface area contributed by atoms with Gasteiger partial charge < -0.3 is 9.84 Å². The van der Waals surface area contributed by atoms with Crippen LogP contribution in [0.15, 0.2) is 0 Å². The van der Waals surface area contributed by atoms with Gasteiger partial charge in [-0.15, -0.1) is 0 Å². The van der Waals surface area contributed by atoms with E-state index < -0.39 is 5.97 Å². The first kappa shape index (κ1) is 40.9. The molecule has 4 heteroatoms. The van der Waals surface area contributed by atoms with E-state index in [0.717, 1.165) is 38.5 Å². The van der Waals surface area contributed by atoms with Gasteiger partial charge in [0.15, 0.2) is 0 Å². The van der Waals surface area contributed by atoms with Crippen LogP contribution in [0.25, 0.3) is 0 Å². The molecule has 0 amide bonds. The van der Waals surface area contributed by atoms with Crippen molar-refractivity contribution in [1.82, 2.24) is 0 Å². The summed E-state index contributed by atoms with van der Waals surface area (Å²) in [5, 5.41) is 8.93. The molecule has 1 atom stereocenters. The van der Waals surface area contributed by atoms with Crippen LogP contribution >= 0.6 is 0 Å². The Morgan fingerprint density at radius 2 is 0.714 bits per heavy atom. The smallest absolute Gasteiger partial charge is 0.306 e. The van der Waals surface area contributed by atoms with Crippen LogP contribution in [-0.2, 0) is 14.3 Å². The molecule has 0 aromatic carbocycles. The molecule has 1 unspecified atom stereocenters. The van der Waals surface area contributed by atoms with Crippen molar-refractivity contribution < 1.29 is 19.4 Å². The first-order valence-corrected chi connectivity index (χ1v) is 19.0. The van der Waals surface area contributed by atoms with Crippen molar-refractivity contribution in [2.75, 3.05) is 0 Å². The fourth-order valence-electron chi connectivity index (χ4n) is 6.01. The first-order chi connectivity index (χ1) is 20.6. The molecule has 0 saturated carbocycles.